The highest BCUT2D eigenvalue weighted by Crippen LogP contribution is 2.37. The van der Waals surface area contributed by atoms with Gasteiger partial charge in [0.2, 0.25) is 5.95 Å². The first-order valence-corrected chi connectivity index (χ1v) is 13.7. The molecule has 1 aliphatic carbocycles. The number of aromatic nitrogens is 2. The van der Waals surface area contributed by atoms with Crippen LogP contribution in [0.5, 0.6) is 0 Å². The summed E-state index contributed by atoms with van der Waals surface area (Å²) in [6, 6.07) is 11.0. The lowest BCUT2D eigenvalue weighted by Gasteiger charge is -2.31. The first-order valence-electron chi connectivity index (χ1n) is 13.3. The van der Waals surface area contributed by atoms with Crippen LogP contribution in [0, 0.1) is 0 Å². The topological polar surface area (TPSA) is 120 Å². The fourth-order valence-corrected chi connectivity index (χ4v) is 5.40. The molecule has 1 amide bonds. The fraction of sp³-hybridized carbons (Fsp3) is 0.233. The maximum Gasteiger partial charge on any atom is 0.322 e. The average molecular weight is 591 g/mol. The number of alkyl halides is 1. The van der Waals surface area contributed by atoms with E-state index in [1.807, 2.05) is 0 Å². The van der Waals surface area contributed by atoms with Gasteiger partial charge in [-0.2, -0.15) is 0 Å². The Morgan fingerprint density at radius 3 is 2.71 bits per heavy atom. The molecular weight excluding hydrogens is 566 g/mol. The summed E-state index contributed by atoms with van der Waals surface area (Å²) in [5.74, 6) is -1.64. The molecular formula is C30H25ClF2N6O3. The summed E-state index contributed by atoms with van der Waals surface area (Å²) in [6.07, 6.45) is 2.86. The van der Waals surface area contributed by atoms with E-state index in [0.717, 1.165) is 0 Å². The van der Waals surface area contributed by atoms with E-state index in [2.05, 4.69) is 20.6 Å². The number of nitrogens with one attached hydrogen (secondary N) is 2. The van der Waals surface area contributed by atoms with E-state index in [1.165, 1.54) is 17.1 Å². The summed E-state index contributed by atoms with van der Waals surface area (Å²) in [7, 11) is 0. The first-order chi connectivity index (χ1) is 20.3. The van der Waals surface area contributed by atoms with E-state index >= 15 is 0 Å². The van der Waals surface area contributed by atoms with Crippen LogP contribution in [0.3, 0.4) is 0 Å². The monoisotopic (exact) mass is 590 g/mol. The van der Waals surface area contributed by atoms with Crippen molar-refractivity contribution in [2.45, 2.75) is 25.2 Å². The zero-order chi connectivity index (χ0) is 29.4. The smallest absolute Gasteiger partial charge is 0.322 e. The molecule has 3 N–H and O–H groups in total. The minimum Gasteiger partial charge on any atom is -0.480 e. The van der Waals surface area contributed by atoms with E-state index in [0.29, 0.717) is 51.7 Å². The van der Waals surface area contributed by atoms with Crippen LogP contribution in [0.2, 0.25) is 5.02 Å². The second-order valence-corrected chi connectivity index (χ2v) is 10.5. The van der Waals surface area contributed by atoms with Crippen molar-refractivity contribution in [2.24, 2.45) is 4.99 Å². The molecule has 2 aromatic carbocycles. The number of piperazine rings is 1. The van der Waals surface area contributed by atoms with Gasteiger partial charge in [0.1, 0.15) is 18.0 Å². The van der Waals surface area contributed by atoms with E-state index in [1.54, 1.807) is 48.7 Å². The predicted octanol–water partition coefficient (Wildman–Crippen LogP) is 4.86. The maximum atomic E-state index is 14.9. The number of rotatable bonds is 5. The van der Waals surface area contributed by atoms with Gasteiger partial charge in [-0.05, 0) is 42.5 Å². The average Bonchev–Trinajstić information content (AvgIpc) is 3.14. The highest BCUT2D eigenvalue weighted by atomic mass is 35.5. The van der Waals surface area contributed by atoms with Gasteiger partial charge >= 0.3 is 5.97 Å². The Bertz CT molecular complexity index is 1670. The molecule has 0 bridgehead atoms. The van der Waals surface area contributed by atoms with Gasteiger partial charge in [0.05, 0.1) is 18.0 Å². The number of hydrogen-bond acceptors (Lipinski definition) is 7. The number of carbonyl (C=O) groups is 2. The van der Waals surface area contributed by atoms with Crippen molar-refractivity contribution in [3.63, 3.8) is 0 Å². The molecule has 1 saturated heterocycles. The second-order valence-electron chi connectivity index (χ2n) is 10.1. The van der Waals surface area contributed by atoms with Crippen LogP contribution >= 0.6 is 11.6 Å². The summed E-state index contributed by atoms with van der Waals surface area (Å²) in [5.41, 5.74) is 3.49. The Hall–Kier alpha value is -4.48. The molecule has 0 radical (unpaired) electrons. The van der Waals surface area contributed by atoms with E-state index < -0.39 is 24.0 Å². The zero-order valence-corrected chi connectivity index (χ0v) is 22.9. The van der Waals surface area contributed by atoms with Crippen LogP contribution in [0.1, 0.15) is 27.9 Å². The van der Waals surface area contributed by atoms with Gasteiger partial charge < -0.3 is 20.6 Å². The van der Waals surface area contributed by atoms with Gasteiger partial charge in [-0.15, -0.1) is 0 Å². The Kier molecular flexibility index (Phi) is 7.53. The number of halogens is 3. The number of amides is 1. The minimum atomic E-state index is -1.54. The molecule has 3 aromatic rings. The number of carboxylic acid groups (broad SMARTS) is 1. The second kappa shape index (κ2) is 11.4. The largest absolute Gasteiger partial charge is 0.480 e. The van der Waals surface area contributed by atoms with E-state index in [4.69, 9.17) is 16.6 Å². The van der Waals surface area contributed by atoms with Crippen LogP contribution in [-0.4, -0.2) is 69.4 Å². The SMILES string of the molecule is O=C(O)C1CN(C(=O)c2ccc(Nc3ncc4c(n3)-c3ccc(Cl)cc3C(C3=C(F)C=CCC3F)=NC4)cc2)CCN1. The van der Waals surface area contributed by atoms with Gasteiger partial charge in [0, 0.05) is 70.8 Å². The van der Waals surface area contributed by atoms with Crippen molar-refractivity contribution in [2.75, 3.05) is 25.0 Å². The van der Waals surface area contributed by atoms with Crippen LogP contribution < -0.4 is 10.6 Å². The molecule has 3 heterocycles. The molecule has 2 aliphatic heterocycles. The van der Waals surface area contributed by atoms with Gasteiger partial charge in [-0.1, -0.05) is 23.7 Å². The third kappa shape index (κ3) is 5.40. The number of nitrogens with zero attached hydrogens (tertiary/aromatic N) is 4. The molecule has 214 valence electrons. The summed E-state index contributed by atoms with van der Waals surface area (Å²) in [6.45, 7) is 1.02. The Labute approximate surface area is 244 Å². The molecule has 0 spiro atoms. The number of allylic oxidation sites excluding steroid dienone is 4. The highest BCUT2D eigenvalue weighted by Gasteiger charge is 2.30. The van der Waals surface area contributed by atoms with Gasteiger partial charge in [0.25, 0.3) is 5.91 Å². The molecule has 2 atom stereocenters. The highest BCUT2D eigenvalue weighted by molar-refractivity contribution is 6.31. The van der Waals surface area contributed by atoms with E-state index in [-0.39, 0.29) is 42.7 Å². The zero-order valence-electron chi connectivity index (χ0n) is 22.2. The predicted molar refractivity (Wildman–Crippen MR) is 155 cm³/mol. The van der Waals surface area contributed by atoms with E-state index in [9.17, 15) is 23.5 Å². The number of aliphatic carboxylic acids is 1. The summed E-state index contributed by atoms with van der Waals surface area (Å²) >= 11 is 6.30. The standard InChI is InChI=1S/C30H25ClF2N6O3/c31-18-6-9-20-21(12-18)27(25-22(32)2-1-3-23(25)33)35-13-17-14-36-30(38-26(17)20)37-19-7-4-16(5-8-19)28(40)39-11-10-34-24(15-39)29(41)42/h1-2,4-9,12,14,23-24,34H,3,10-11,13,15H2,(H,41,42)(H,36,37,38). The number of hydrogen-bond donors (Lipinski definition) is 3. The third-order valence-electron chi connectivity index (χ3n) is 7.35. The number of carbonyl (C=O) groups excluding carboxylic acids is 1. The van der Waals surface area contributed by atoms with Gasteiger partial charge in [-0.25, -0.2) is 18.7 Å². The van der Waals surface area contributed by atoms with Crippen molar-refractivity contribution in [1.29, 1.82) is 0 Å². The lowest BCUT2D eigenvalue weighted by Crippen LogP contribution is -2.55. The van der Waals surface area contributed by atoms with Crippen LogP contribution in [0.4, 0.5) is 20.4 Å². The van der Waals surface area contributed by atoms with Crippen molar-refractivity contribution in [3.05, 3.63) is 93.9 Å². The molecule has 1 aromatic heterocycles. The van der Waals surface area contributed by atoms with Crippen LogP contribution in [-0.2, 0) is 11.3 Å². The molecule has 1 fully saturated rings. The number of aliphatic imine (C=N–C) groups is 1. The maximum absolute atomic E-state index is 14.9. The normalized spacial score (nSPS) is 19.9. The summed E-state index contributed by atoms with van der Waals surface area (Å²) in [5, 5.41) is 15.7. The molecule has 42 heavy (non-hydrogen) atoms. The lowest BCUT2D eigenvalue weighted by atomic mass is 9.90. The molecule has 3 aliphatic rings. The van der Waals surface area contributed by atoms with Gasteiger partial charge in [0.15, 0.2) is 0 Å². The summed E-state index contributed by atoms with van der Waals surface area (Å²) < 4.78 is 29.8. The Balaban J connectivity index is 1.26. The lowest BCUT2D eigenvalue weighted by molar-refractivity contribution is -0.140. The molecule has 0 saturated carbocycles. The third-order valence-corrected chi connectivity index (χ3v) is 7.58. The molecule has 9 nitrogen and oxygen atoms in total. The quantitative estimate of drug-likeness (QED) is 0.388. The molecule has 6 rings (SSSR count). The Morgan fingerprint density at radius 1 is 1.14 bits per heavy atom. The van der Waals surface area contributed by atoms with Crippen molar-refractivity contribution in [3.8, 4) is 11.3 Å². The van der Waals surface area contributed by atoms with Crippen molar-refractivity contribution in [1.82, 2.24) is 20.2 Å². The number of fused-ring (bicyclic) bond motifs is 3. The molecule has 12 heteroatoms. The number of benzene rings is 2. The number of anilines is 2. The first kappa shape index (κ1) is 27.7. The van der Waals surface area contributed by atoms with Gasteiger partial charge in [-0.3, -0.25) is 14.6 Å². The Morgan fingerprint density at radius 2 is 1.95 bits per heavy atom. The van der Waals surface area contributed by atoms with Crippen LogP contribution in [0.25, 0.3) is 11.3 Å². The van der Waals surface area contributed by atoms with Crippen LogP contribution in [0.15, 0.2) is 77.2 Å². The summed E-state index contributed by atoms with van der Waals surface area (Å²) in [4.78, 5) is 39.5. The van der Waals surface area contributed by atoms with Crippen molar-refractivity contribution >= 4 is 40.8 Å². The number of carboxylic acids is 1. The van der Waals surface area contributed by atoms with Crippen molar-refractivity contribution < 1.29 is 23.5 Å². The fourth-order valence-electron chi connectivity index (χ4n) is 5.23. The molecule has 2 unspecified atom stereocenters. The minimum absolute atomic E-state index is 0.0565.